The van der Waals surface area contributed by atoms with Gasteiger partial charge in [0.05, 0.1) is 10.4 Å². The third kappa shape index (κ3) is 1.58. The van der Waals surface area contributed by atoms with E-state index >= 15 is 0 Å². The molecule has 0 aliphatic rings. The number of fused-ring (bicyclic) bond motifs is 1. The number of halogens is 2. The maximum Gasteiger partial charge on any atom is 0.0766 e. The van der Waals surface area contributed by atoms with Gasteiger partial charge in [0.1, 0.15) is 0 Å². The Morgan fingerprint density at radius 3 is 2.86 bits per heavy atom. The summed E-state index contributed by atoms with van der Waals surface area (Å²) in [6.07, 6.45) is 0. The van der Waals surface area contributed by atoms with E-state index in [1.807, 2.05) is 18.2 Å². The predicted molar refractivity (Wildman–Crippen MR) is 65.0 cm³/mol. The summed E-state index contributed by atoms with van der Waals surface area (Å²) in [5.41, 5.74) is 2.02. The van der Waals surface area contributed by atoms with Crippen LogP contribution in [0, 0.1) is 0 Å². The van der Waals surface area contributed by atoms with E-state index in [0.29, 0.717) is 5.88 Å². The van der Waals surface area contributed by atoms with E-state index in [2.05, 4.69) is 15.9 Å². The van der Waals surface area contributed by atoms with E-state index in [-0.39, 0.29) is 6.61 Å². The van der Waals surface area contributed by atoms with Crippen molar-refractivity contribution in [1.82, 2.24) is 0 Å². The smallest absolute Gasteiger partial charge is 0.0766 e. The Morgan fingerprint density at radius 2 is 2.21 bits per heavy atom. The van der Waals surface area contributed by atoms with Crippen LogP contribution in [0.15, 0.2) is 22.0 Å². The van der Waals surface area contributed by atoms with Gasteiger partial charge in [0.2, 0.25) is 0 Å². The van der Waals surface area contributed by atoms with Crippen molar-refractivity contribution in [3.63, 3.8) is 0 Å². The quantitative estimate of drug-likeness (QED) is 0.832. The first-order valence-corrected chi connectivity index (χ1v) is 6.28. The first-order valence-electron chi connectivity index (χ1n) is 4.13. The minimum Gasteiger partial charge on any atom is -0.392 e. The monoisotopic (exact) mass is 290 g/mol. The van der Waals surface area contributed by atoms with Gasteiger partial charge in [0.15, 0.2) is 0 Å². The second kappa shape index (κ2) is 4.19. The molecule has 1 nitrogen and oxygen atoms in total. The predicted octanol–water partition coefficient (Wildman–Crippen LogP) is 3.89. The van der Waals surface area contributed by atoms with Gasteiger partial charge in [-0.05, 0) is 27.6 Å². The van der Waals surface area contributed by atoms with Crippen molar-refractivity contribution in [2.75, 3.05) is 0 Å². The molecule has 0 bridgehead atoms. The second-order valence-electron chi connectivity index (χ2n) is 2.94. The molecule has 0 fully saturated rings. The van der Waals surface area contributed by atoms with Crippen LogP contribution in [-0.2, 0) is 12.5 Å². The lowest BCUT2D eigenvalue weighted by molar-refractivity contribution is 0.283. The molecule has 1 aromatic heterocycles. The minimum atomic E-state index is 0.0501. The summed E-state index contributed by atoms with van der Waals surface area (Å²) in [6, 6.07) is 6.03. The van der Waals surface area contributed by atoms with Gasteiger partial charge in [-0.25, -0.2) is 0 Å². The summed E-state index contributed by atoms with van der Waals surface area (Å²) in [5, 5.41) is 10.4. The number of hydrogen-bond donors (Lipinski definition) is 1. The summed E-state index contributed by atoms with van der Waals surface area (Å²) in [7, 11) is 0. The van der Waals surface area contributed by atoms with Crippen LogP contribution < -0.4 is 0 Å². The standard InChI is InChI=1S/C10H8BrClOS/c11-10-7(5-13)9-6(4-12)2-1-3-8(9)14-10/h1-3,13H,4-5H2. The molecular formula is C10H8BrClOS. The number of aliphatic hydroxyl groups is 1. The Labute approximate surface area is 99.4 Å². The number of benzene rings is 1. The Kier molecular flexibility index (Phi) is 3.12. The molecule has 1 aromatic carbocycles. The van der Waals surface area contributed by atoms with Crippen LogP contribution in [0.25, 0.3) is 10.1 Å². The molecule has 0 aliphatic carbocycles. The molecule has 2 aromatic rings. The fourth-order valence-electron chi connectivity index (χ4n) is 1.51. The number of hydrogen-bond acceptors (Lipinski definition) is 2. The molecule has 0 unspecified atom stereocenters. The SMILES string of the molecule is OCc1c(Br)sc2cccc(CCl)c12. The maximum atomic E-state index is 9.26. The van der Waals surface area contributed by atoms with Crippen molar-refractivity contribution in [3.05, 3.63) is 33.1 Å². The van der Waals surface area contributed by atoms with Gasteiger partial charge in [0, 0.05) is 21.5 Å². The molecule has 1 N–H and O–H groups in total. The molecule has 4 heteroatoms. The molecule has 0 spiro atoms. The number of alkyl halides is 1. The summed E-state index contributed by atoms with van der Waals surface area (Å²) in [5.74, 6) is 0.480. The fraction of sp³-hybridized carbons (Fsp3) is 0.200. The number of thiophene rings is 1. The van der Waals surface area contributed by atoms with Crippen molar-refractivity contribution in [1.29, 1.82) is 0 Å². The highest BCUT2D eigenvalue weighted by Crippen LogP contribution is 2.37. The minimum absolute atomic E-state index is 0.0501. The molecule has 74 valence electrons. The average molecular weight is 292 g/mol. The van der Waals surface area contributed by atoms with E-state index < -0.39 is 0 Å². The zero-order chi connectivity index (χ0) is 10.1. The molecule has 1 heterocycles. The first kappa shape index (κ1) is 10.4. The molecule has 0 saturated carbocycles. The largest absolute Gasteiger partial charge is 0.392 e. The molecule has 0 radical (unpaired) electrons. The lowest BCUT2D eigenvalue weighted by atomic mass is 10.1. The van der Waals surface area contributed by atoms with Gasteiger partial charge in [-0.15, -0.1) is 22.9 Å². The van der Waals surface area contributed by atoms with E-state index in [0.717, 1.165) is 20.3 Å². The summed E-state index contributed by atoms with van der Waals surface area (Å²) in [4.78, 5) is 0. The molecule has 2 rings (SSSR count). The summed E-state index contributed by atoms with van der Waals surface area (Å²) in [6.45, 7) is 0.0501. The average Bonchev–Trinajstić information content (AvgIpc) is 2.52. The summed E-state index contributed by atoms with van der Waals surface area (Å²) >= 11 is 10.9. The first-order chi connectivity index (χ1) is 6.77. The van der Waals surface area contributed by atoms with Crippen molar-refractivity contribution >= 4 is 49.0 Å². The highest BCUT2D eigenvalue weighted by atomic mass is 79.9. The third-order valence-electron chi connectivity index (χ3n) is 2.15. The van der Waals surface area contributed by atoms with Gasteiger partial charge >= 0.3 is 0 Å². The van der Waals surface area contributed by atoms with Gasteiger partial charge in [0.25, 0.3) is 0 Å². The Balaban J connectivity index is 2.82. The van der Waals surface area contributed by atoms with Crippen LogP contribution >= 0.6 is 38.9 Å². The van der Waals surface area contributed by atoms with Crippen LogP contribution in [-0.4, -0.2) is 5.11 Å². The Morgan fingerprint density at radius 1 is 1.43 bits per heavy atom. The van der Waals surface area contributed by atoms with E-state index in [4.69, 9.17) is 11.6 Å². The van der Waals surface area contributed by atoms with E-state index in [1.165, 1.54) is 4.70 Å². The van der Waals surface area contributed by atoms with Crippen LogP contribution in [0.5, 0.6) is 0 Å². The van der Waals surface area contributed by atoms with Crippen LogP contribution in [0.4, 0.5) is 0 Å². The topological polar surface area (TPSA) is 20.2 Å². The number of aliphatic hydroxyl groups excluding tert-OH is 1. The van der Waals surface area contributed by atoms with Crippen LogP contribution in [0.1, 0.15) is 11.1 Å². The third-order valence-corrected chi connectivity index (χ3v) is 4.39. The van der Waals surface area contributed by atoms with Crippen LogP contribution in [0.3, 0.4) is 0 Å². The Hall–Kier alpha value is -0.0900. The second-order valence-corrected chi connectivity index (χ2v) is 5.57. The van der Waals surface area contributed by atoms with Gasteiger partial charge in [-0.3, -0.25) is 0 Å². The van der Waals surface area contributed by atoms with E-state index in [1.54, 1.807) is 11.3 Å². The molecule has 0 atom stereocenters. The lowest BCUT2D eigenvalue weighted by Crippen LogP contribution is -1.85. The molecule has 0 aliphatic heterocycles. The number of rotatable bonds is 2. The molecule has 14 heavy (non-hydrogen) atoms. The lowest BCUT2D eigenvalue weighted by Gasteiger charge is -2.00. The van der Waals surface area contributed by atoms with Crippen molar-refractivity contribution < 1.29 is 5.11 Å². The molecular weight excluding hydrogens is 284 g/mol. The van der Waals surface area contributed by atoms with Gasteiger partial charge < -0.3 is 5.11 Å². The van der Waals surface area contributed by atoms with Crippen molar-refractivity contribution in [3.8, 4) is 0 Å². The Bertz CT molecular complexity index is 466. The highest BCUT2D eigenvalue weighted by molar-refractivity contribution is 9.11. The summed E-state index contributed by atoms with van der Waals surface area (Å²) < 4.78 is 2.16. The van der Waals surface area contributed by atoms with E-state index in [9.17, 15) is 5.11 Å². The van der Waals surface area contributed by atoms with Crippen LogP contribution in [0.2, 0.25) is 0 Å². The zero-order valence-electron chi connectivity index (χ0n) is 7.26. The fourth-order valence-corrected chi connectivity index (χ4v) is 3.57. The van der Waals surface area contributed by atoms with Gasteiger partial charge in [-0.2, -0.15) is 0 Å². The maximum absolute atomic E-state index is 9.26. The zero-order valence-corrected chi connectivity index (χ0v) is 10.4. The van der Waals surface area contributed by atoms with Crippen molar-refractivity contribution in [2.24, 2.45) is 0 Å². The molecule has 0 amide bonds. The highest BCUT2D eigenvalue weighted by Gasteiger charge is 2.11. The van der Waals surface area contributed by atoms with Gasteiger partial charge in [-0.1, -0.05) is 12.1 Å². The normalized spacial score (nSPS) is 11.1. The van der Waals surface area contributed by atoms with Crippen molar-refractivity contribution in [2.45, 2.75) is 12.5 Å². The molecule has 0 saturated heterocycles.